The summed E-state index contributed by atoms with van der Waals surface area (Å²) in [4.78, 5) is 15.4. The van der Waals surface area contributed by atoms with Gasteiger partial charge in [0.15, 0.2) is 0 Å². The van der Waals surface area contributed by atoms with E-state index in [4.69, 9.17) is 9.47 Å². The average Bonchev–Trinajstić information content (AvgIpc) is 2.85. The fraction of sp³-hybridized carbons (Fsp3) is 0.435. The molecule has 2 aromatic rings. The average molecular weight is 460 g/mol. The molecule has 0 saturated carbocycles. The van der Waals surface area contributed by atoms with E-state index in [0.29, 0.717) is 71.1 Å². The Morgan fingerprint density at radius 2 is 1.56 bits per heavy atom. The largest absolute Gasteiger partial charge is 0.379 e. The van der Waals surface area contributed by atoms with Gasteiger partial charge in [-0.3, -0.25) is 4.79 Å². The van der Waals surface area contributed by atoms with Gasteiger partial charge in [-0.25, -0.2) is 8.42 Å². The van der Waals surface area contributed by atoms with Crippen molar-refractivity contribution in [2.75, 3.05) is 64.1 Å². The number of nitrogens with one attached hydrogen (secondary N) is 1. The summed E-state index contributed by atoms with van der Waals surface area (Å²) in [6.07, 6.45) is 0.700. The van der Waals surface area contributed by atoms with Crippen LogP contribution in [0.1, 0.15) is 15.9 Å². The standard InChI is InChI=1S/C23H29N3O5S/c27-23(24-9-8-19-4-2-1-3-5-19)21-18-20(32(28,29)26-12-16-31-17-13-26)6-7-22(21)25-10-14-30-15-11-25/h1-7,18H,8-17H2,(H,24,27). The molecular formula is C23H29N3O5S. The van der Waals surface area contributed by atoms with Gasteiger partial charge in [0, 0.05) is 38.4 Å². The Labute approximate surface area is 189 Å². The lowest BCUT2D eigenvalue weighted by Gasteiger charge is -2.31. The summed E-state index contributed by atoms with van der Waals surface area (Å²) in [5, 5.41) is 2.96. The highest BCUT2D eigenvalue weighted by Gasteiger charge is 2.28. The second-order valence-electron chi connectivity index (χ2n) is 7.79. The minimum Gasteiger partial charge on any atom is -0.379 e. The van der Waals surface area contributed by atoms with Crippen LogP contribution in [0.4, 0.5) is 5.69 Å². The number of nitrogens with zero attached hydrogens (tertiary/aromatic N) is 2. The van der Waals surface area contributed by atoms with Gasteiger partial charge in [0.1, 0.15) is 0 Å². The highest BCUT2D eigenvalue weighted by atomic mass is 32.2. The maximum Gasteiger partial charge on any atom is 0.253 e. The van der Waals surface area contributed by atoms with Gasteiger partial charge in [-0.05, 0) is 30.2 Å². The molecule has 1 amide bonds. The molecule has 172 valence electrons. The van der Waals surface area contributed by atoms with Crippen LogP contribution >= 0.6 is 0 Å². The van der Waals surface area contributed by atoms with Crippen LogP contribution in [-0.2, 0) is 25.9 Å². The lowest BCUT2D eigenvalue weighted by atomic mass is 10.1. The van der Waals surface area contributed by atoms with Gasteiger partial charge in [0.2, 0.25) is 10.0 Å². The molecule has 0 aliphatic carbocycles. The van der Waals surface area contributed by atoms with Gasteiger partial charge in [-0.2, -0.15) is 4.31 Å². The maximum absolute atomic E-state index is 13.2. The first-order valence-corrected chi connectivity index (χ1v) is 12.4. The molecule has 0 atom stereocenters. The molecule has 0 spiro atoms. The van der Waals surface area contributed by atoms with E-state index in [1.54, 1.807) is 12.1 Å². The van der Waals surface area contributed by atoms with E-state index in [0.717, 1.165) is 11.3 Å². The van der Waals surface area contributed by atoms with Crippen molar-refractivity contribution >= 4 is 21.6 Å². The van der Waals surface area contributed by atoms with Gasteiger partial charge >= 0.3 is 0 Å². The van der Waals surface area contributed by atoms with Crippen LogP contribution in [0, 0.1) is 0 Å². The molecule has 9 heteroatoms. The minimum atomic E-state index is -3.70. The van der Waals surface area contributed by atoms with Crippen LogP contribution in [0.3, 0.4) is 0 Å². The summed E-state index contributed by atoms with van der Waals surface area (Å²) in [5.74, 6) is -0.276. The van der Waals surface area contributed by atoms with E-state index in [9.17, 15) is 13.2 Å². The van der Waals surface area contributed by atoms with Crippen molar-refractivity contribution in [2.45, 2.75) is 11.3 Å². The molecule has 8 nitrogen and oxygen atoms in total. The number of morpholine rings is 2. The lowest BCUT2D eigenvalue weighted by Crippen LogP contribution is -2.41. The van der Waals surface area contributed by atoms with E-state index in [2.05, 4.69) is 10.2 Å². The number of carbonyl (C=O) groups excluding carboxylic acids is 1. The number of hydrogen-bond donors (Lipinski definition) is 1. The number of ether oxygens (including phenoxy) is 2. The lowest BCUT2D eigenvalue weighted by molar-refractivity contribution is 0.0730. The zero-order valence-electron chi connectivity index (χ0n) is 18.0. The summed E-state index contributed by atoms with van der Waals surface area (Å²) in [6.45, 7) is 4.28. The Morgan fingerprint density at radius 1 is 0.906 bits per heavy atom. The minimum absolute atomic E-state index is 0.129. The molecule has 0 bridgehead atoms. The fourth-order valence-corrected chi connectivity index (χ4v) is 5.37. The van der Waals surface area contributed by atoms with Crippen molar-refractivity contribution in [1.82, 2.24) is 9.62 Å². The second kappa shape index (κ2) is 10.4. The summed E-state index contributed by atoms with van der Waals surface area (Å²) in [6, 6.07) is 14.8. The molecule has 2 aromatic carbocycles. The summed E-state index contributed by atoms with van der Waals surface area (Å²) < 4.78 is 38.4. The highest BCUT2D eigenvalue weighted by molar-refractivity contribution is 7.89. The Morgan fingerprint density at radius 3 is 2.25 bits per heavy atom. The monoisotopic (exact) mass is 459 g/mol. The molecule has 0 aromatic heterocycles. The van der Waals surface area contributed by atoms with E-state index in [1.165, 1.54) is 10.4 Å². The van der Waals surface area contributed by atoms with Crippen LogP contribution in [0.15, 0.2) is 53.4 Å². The first-order chi connectivity index (χ1) is 15.6. The first kappa shape index (κ1) is 22.7. The first-order valence-electron chi connectivity index (χ1n) is 10.9. The summed E-state index contributed by atoms with van der Waals surface area (Å²) in [7, 11) is -3.70. The third kappa shape index (κ3) is 5.29. The molecule has 2 heterocycles. The molecular weight excluding hydrogens is 430 g/mol. The predicted molar refractivity (Wildman–Crippen MR) is 122 cm³/mol. The molecule has 2 aliphatic heterocycles. The number of sulfonamides is 1. The Kier molecular flexibility index (Phi) is 7.41. The third-order valence-corrected chi connectivity index (χ3v) is 7.61. The van der Waals surface area contributed by atoms with Crippen LogP contribution in [0.25, 0.3) is 0 Å². The molecule has 2 fully saturated rings. The van der Waals surface area contributed by atoms with Crippen molar-refractivity contribution in [2.24, 2.45) is 0 Å². The van der Waals surface area contributed by atoms with E-state index in [-0.39, 0.29) is 10.8 Å². The van der Waals surface area contributed by atoms with E-state index >= 15 is 0 Å². The smallest absolute Gasteiger partial charge is 0.253 e. The zero-order chi connectivity index (χ0) is 22.4. The van der Waals surface area contributed by atoms with Crippen molar-refractivity contribution in [1.29, 1.82) is 0 Å². The van der Waals surface area contributed by atoms with Crippen LogP contribution in [0.2, 0.25) is 0 Å². The Hall–Kier alpha value is -2.46. The molecule has 2 saturated heterocycles. The van der Waals surface area contributed by atoms with Gasteiger partial charge in [-0.15, -0.1) is 0 Å². The molecule has 32 heavy (non-hydrogen) atoms. The Balaban J connectivity index is 1.57. The van der Waals surface area contributed by atoms with Crippen LogP contribution in [-0.4, -0.2) is 77.8 Å². The number of carbonyl (C=O) groups is 1. The van der Waals surface area contributed by atoms with Crippen molar-refractivity contribution in [3.8, 4) is 0 Å². The van der Waals surface area contributed by atoms with E-state index < -0.39 is 10.0 Å². The SMILES string of the molecule is O=C(NCCc1ccccc1)c1cc(S(=O)(=O)N2CCOCC2)ccc1N1CCOCC1. The van der Waals surface area contributed by atoms with Crippen molar-refractivity contribution in [3.63, 3.8) is 0 Å². The number of benzene rings is 2. The third-order valence-electron chi connectivity index (χ3n) is 5.71. The van der Waals surface area contributed by atoms with Gasteiger partial charge in [0.05, 0.1) is 36.9 Å². The van der Waals surface area contributed by atoms with Gasteiger partial charge in [0.25, 0.3) is 5.91 Å². The zero-order valence-corrected chi connectivity index (χ0v) is 18.9. The fourth-order valence-electron chi connectivity index (χ4n) is 3.93. The normalized spacial score (nSPS) is 17.8. The molecule has 1 N–H and O–H groups in total. The molecule has 0 radical (unpaired) electrons. The highest BCUT2D eigenvalue weighted by Crippen LogP contribution is 2.27. The topological polar surface area (TPSA) is 88.2 Å². The molecule has 2 aliphatic rings. The molecule has 0 unspecified atom stereocenters. The Bertz CT molecular complexity index is 1020. The van der Waals surface area contributed by atoms with Gasteiger partial charge < -0.3 is 19.7 Å². The molecule has 4 rings (SSSR count). The maximum atomic E-state index is 13.2. The van der Waals surface area contributed by atoms with Crippen LogP contribution < -0.4 is 10.2 Å². The van der Waals surface area contributed by atoms with Crippen molar-refractivity contribution in [3.05, 3.63) is 59.7 Å². The summed E-state index contributed by atoms with van der Waals surface area (Å²) >= 11 is 0. The van der Waals surface area contributed by atoms with Crippen molar-refractivity contribution < 1.29 is 22.7 Å². The van der Waals surface area contributed by atoms with Crippen LogP contribution in [0.5, 0.6) is 0 Å². The van der Waals surface area contributed by atoms with Gasteiger partial charge in [-0.1, -0.05) is 30.3 Å². The number of hydrogen-bond acceptors (Lipinski definition) is 6. The number of rotatable bonds is 7. The quantitative estimate of drug-likeness (QED) is 0.676. The number of amides is 1. The number of anilines is 1. The predicted octanol–water partition coefficient (Wildman–Crippen LogP) is 1.52. The van der Waals surface area contributed by atoms with E-state index in [1.807, 2.05) is 30.3 Å². The second-order valence-corrected chi connectivity index (χ2v) is 9.72. The summed E-state index contributed by atoms with van der Waals surface area (Å²) in [5.41, 5.74) is 2.23.